The number of methoxy groups -OCH3 is 1. The summed E-state index contributed by atoms with van der Waals surface area (Å²) < 4.78 is 5.20. The van der Waals surface area contributed by atoms with E-state index in [1.165, 1.54) is 0 Å². The van der Waals surface area contributed by atoms with Crippen LogP contribution in [0.4, 0.5) is 10.5 Å². The Bertz CT molecular complexity index is 809. The molecule has 1 N–H and O–H groups in total. The molecule has 0 radical (unpaired) electrons. The Labute approximate surface area is 147 Å². The van der Waals surface area contributed by atoms with Crippen molar-refractivity contribution >= 4 is 11.7 Å². The van der Waals surface area contributed by atoms with E-state index in [2.05, 4.69) is 11.4 Å². The fourth-order valence-corrected chi connectivity index (χ4v) is 3.20. The van der Waals surface area contributed by atoms with Crippen molar-refractivity contribution < 1.29 is 9.53 Å². The molecule has 128 valence electrons. The Hall–Kier alpha value is -3.00. The van der Waals surface area contributed by atoms with Gasteiger partial charge in [0.25, 0.3) is 0 Å². The van der Waals surface area contributed by atoms with Crippen LogP contribution in [-0.2, 0) is 0 Å². The van der Waals surface area contributed by atoms with Crippen LogP contribution in [0.2, 0.25) is 0 Å². The highest BCUT2D eigenvalue weighted by Crippen LogP contribution is 2.33. The average molecular weight is 335 g/mol. The zero-order valence-corrected chi connectivity index (χ0v) is 14.5. The van der Waals surface area contributed by atoms with Crippen molar-refractivity contribution in [2.24, 2.45) is 0 Å². The highest BCUT2D eigenvalue weighted by molar-refractivity contribution is 5.90. The van der Waals surface area contributed by atoms with Gasteiger partial charge in [-0.1, -0.05) is 18.2 Å². The maximum Gasteiger partial charge on any atom is 0.322 e. The summed E-state index contributed by atoms with van der Waals surface area (Å²) in [4.78, 5) is 14.6. The number of aryl methyl sites for hydroxylation is 1. The summed E-state index contributed by atoms with van der Waals surface area (Å²) >= 11 is 0. The fourth-order valence-electron chi connectivity index (χ4n) is 3.20. The molecule has 1 fully saturated rings. The van der Waals surface area contributed by atoms with Gasteiger partial charge in [0.05, 0.1) is 24.8 Å². The lowest BCUT2D eigenvalue weighted by atomic mass is 10.0. The third kappa shape index (κ3) is 3.58. The molecule has 1 aliphatic heterocycles. The third-order valence-electron chi connectivity index (χ3n) is 4.62. The molecule has 1 aliphatic rings. The molecular weight excluding hydrogens is 314 g/mol. The summed E-state index contributed by atoms with van der Waals surface area (Å²) in [6.45, 7) is 2.64. The number of nitriles is 1. The van der Waals surface area contributed by atoms with Crippen LogP contribution in [-0.4, -0.2) is 24.6 Å². The second-order valence-electron chi connectivity index (χ2n) is 6.20. The van der Waals surface area contributed by atoms with E-state index in [1.54, 1.807) is 19.2 Å². The number of benzene rings is 2. The first-order valence-corrected chi connectivity index (χ1v) is 8.34. The Kier molecular flexibility index (Phi) is 4.90. The number of nitrogens with zero attached hydrogens (tertiary/aromatic N) is 2. The highest BCUT2D eigenvalue weighted by atomic mass is 16.5. The molecule has 1 atom stereocenters. The summed E-state index contributed by atoms with van der Waals surface area (Å²) in [6, 6.07) is 15.2. The molecule has 0 aliphatic carbocycles. The van der Waals surface area contributed by atoms with Gasteiger partial charge >= 0.3 is 6.03 Å². The minimum Gasteiger partial charge on any atom is -0.497 e. The van der Waals surface area contributed by atoms with Gasteiger partial charge in [-0.2, -0.15) is 5.26 Å². The van der Waals surface area contributed by atoms with Gasteiger partial charge in [-0.3, -0.25) is 0 Å². The summed E-state index contributed by atoms with van der Waals surface area (Å²) in [5, 5.41) is 12.0. The molecule has 3 rings (SSSR count). The Morgan fingerprint density at radius 1 is 1.28 bits per heavy atom. The average Bonchev–Trinajstić information content (AvgIpc) is 3.13. The SMILES string of the molecule is COc1ccc([C@@H]2CCCN2C(=O)Nc2cc(C#N)ccc2C)cc1. The summed E-state index contributed by atoms with van der Waals surface area (Å²) in [7, 11) is 1.64. The maximum absolute atomic E-state index is 12.8. The first kappa shape index (κ1) is 16.8. The van der Waals surface area contributed by atoms with E-state index in [0.29, 0.717) is 11.3 Å². The van der Waals surface area contributed by atoms with Crippen LogP contribution in [0.1, 0.15) is 35.6 Å². The van der Waals surface area contributed by atoms with E-state index < -0.39 is 0 Å². The van der Waals surface area contributed by atoms with Gasteiger partial charge in [0.15, 0.2) is 0 Å². The van der Waals surface area contributed by atoms with Gasteiger partial charge in [0.1, 0.15) is 5.75 Å². The maximum atomic E-state index is 12.8. The largest absolute Gasteiger partial charge is 0.497 e. The van der Waals surface area contributed by atoms with Gasteiger partial charge in [-0.05, 0) is 55.2 Å². The number of hydrogen-bond acceptors (Lipinski definition) is 3. The molecular formula is C20H21N3O2. The minimum absolute atomic E-state index is 0.0605. The van der Waals surface area contributed by atoms with E-state index in [1.807, 2.05) is 42.2 Å². The van der Waals surface area contributed by atoms with E-state index >= 15 is 0 Å². The topological polar surface area (TPSA) is 65.4 Å². The predicted octanol–water partition coefficient (Wildman–Crippen LogP) is 4.24. The molecule has 0 aromatic heterocycles. The number of urea groups is 1. The van der Waals surface area contributed by atoms with Crippen molar-refractivity contribution in [3.63, 3.8) is 0 Å². The van der Waals surface area contributed by atoms with Crippen molar-refractivity contribution in [2.45, 2.75) is 25.8 Å². The first-order valence-electron chi connectivity index (χ1n) is 8.34. The zero-order valence-electron chi connectivity index (χ0n) is 14.5. The van der Waals surface area contributed by atoms with Crippen LogP contribution >= 0.6 is 0 Å². The third-order valence-corrected chi connectivity index (χ3v) is 4.62. The number of carbonyl (C=O) groups excluding carboxylic acids is 1. The van der Waals surface area contributed by atoms with E-state index in [4.69, 9.17) is 10.00 Å². The summed E-state index contributed by atoms with van der Waals surface area (Å²) in [6.07, 6.45) is 1.91. The Morgan fingerprint density at radius 2 is 2.04 bits per heavy atom. The summed E-state index contributed by atoms with van der Waals surface area (Å²) in [5.74, 6) is 0.807. The molecule has 0 bridgehead atoms. The van der Waals surface area contributed by atoms with Crippen molar-refractivity contribution in [3.8, 4) is 11.8 Å². The lowest BCUT2D eigenvalue weighted by Gasteiger charge is -2.26. The normalized spacial score (nSPS) is 16.4. The number of anilines is 1. The van der Waals surface area contributed by atoms with Crippen LogP contribution in [0, 0.1) is 18.3 Å². The molecule has 0 unspecified atom stereocenters. The number of amides is 2. The van der Waals surface area contributed by atoms with Gasteiger partial charge in [0.2, 0.25) is 0 Å². The van der Waals surface area contributed by atoms with E-state index in [-0.39, 0.29) is 12.1 Å². The van der Waals surface area contributed by atoms with Crippen molar-refractivity contribution in [1.29, 1.82) is 5.26 Å². The van der Waals surface area contributed by atoms with Gasteiger partial charge in [-0.15, -0.1) is 0 Å². The van der Waals surface area contributed by atoms with Crippen molar-refractivity contribution in [1.82, 2.24) is 4.90 Å². The predicted molar refractivity (Wildman–Crippen MR) is 96.6 cm³/mol. The van der Waals surface area contributed by atoms with Crippen LogP contribution in [0.3, 0.4) is 0 Å². The lowest BCUT2D eigenvalue weighted by Crippen LogP contribution is -2.34. The molecule has 1 saturated heterocycles. The number of ether oxygens (including phenoxy) is 1. The summed E-state index contributed by atoms with van der Waals surface area (Å²) in [5.41, 5.74) is 3.27. The highest BCUT2D eigenvalue weighted by Gasteiger charge is 2.30. The molecule has 0 spiro atoms. The van der Waals surface area contributed by atoms with Crippen molar-refractivity contribution in [2.75, 3.05) is 19.0 Å². The zero-order chi connectivity index (χ0) is 17.8. The van der Waals surface area contributed by atoms with Crippen LogP contribution in [0.5, 0.6) is 5.75 Å². The molecule has 2 aromatic rings. The van der Waals surface area contributed by atoms with Crippen LogP contribution in [0.25, 0.3) is 0 Å². The molecule has 5 heteroatoms. The van der Waals surface area contributed by atoms with E-state index in [9.17, 15) is 4.79 Å². The number of carbonyl (C=O) groups is 1. The number of nitrogens with one attached hydrogen (secondary N) is 1. The molecule has 1 heterocycles. The molecule has 2 aromatic carbocycles. The monoisotopic (exact) mass is 335 g/mol. The van der Waals surface area contributed by atoms with Gasteiger partial charge in [-0.25, -0.2) is 4.79 Å². The van der Waals surface area contributed by atoms with Gasteiger partial charge < -0.3 is 15.0 Å². The molecule has 25 heavy (non-hydrogen) atoms. The quantitative estimate of drug-likeness (QED) is 0.912. The smallest absolute Gasteiger partial charge is 0.322 e. The molecule has 0 saturated carbocycles. The number of hydrogen-bond donors (Lipinski definition) is 1. The number of rotatable bonds is 3. The van der Waals surface area contributed by atoms with E-state index in [0.717, 1.165) is 36.3 Å². The fraction of sp³-hybridized carbons (Fsp3) is 0.300. The number of likely N-dealkylation sites (tertiary alicyclic amines) is 1. The minimum atomic E-state index is -0.128. The standard InChI is InChI=1S/C20H21N3O2/c1-14-5-6-15(13-21)12-18(14)22-20(24)23-11-3-4-19(23)16-7-9-17(25-2)10-8-16/h5-10,12,19H,3-4,11H2,1-2H3,(H,22,24)/t19-/m0/s1. The van der Waals surface area contributed by atoms with Crippen LogP contribution in [0.15, 0.2) is 42.5 Å². The van der Waals surface area contributed by atoms with Crippen molar-refractivity contribution in [3.05, 3.63) is 59.2 Å². The molecule has 5 nitrogen and oxygen atoms in total. The second-order valence-corrected chi connectivity index (χ2v) is 6.20. The first-order chi connectivity index (χ1) is 12.1. The Balaban J connectivity index is 1.78. The lowest BCUT2D eigenvalue weighted by molar-refractivity contribution is 0.207. The molecule has 2 amide bonds. The van der Waals surface area contributed by atoms with Gasteiger partial charge in [0, 0.05) is 12.2 Å². The van der Waals surface area contributed by atoms with Crippen LogP contribution < -0.4 is 10.1 Å². The second kappa shape index (κ2) is 7.27. The Morgan fingerprint density at radius 3 is 2.72 bits per heavy atom.